The van der Waals surface area contributed by atoms with Crippen LogP contribution in [0.5, 0.6) is 0 Å². The molecule has 28 heavy (non-hydrogen) atoms. The summed E-state index contributed by atoms with van der Waals surface area (Å²) < 4.78 is 8.30. The van der Waals surface area contributed by atoms with Crippen LogP contribution in [0, 0.1) is 0 Å². The van der Waals surface area contributed by atoms with Crippen molar-refractivity contribution in [2.75, 3.05) is 13.2 Å². The third kappa shape index (κ3) is 4.11. The Morgan fingerprint density at radius 2 is 1.93 bits per heavy atom. The summed E-state index contributed by atoms with van der Waals surface area (Å²) in [6, 6.07) is 9.92. The summed E-state index contributed by atoms with van der Waals surface area (Å²) >= 11 is 0. The van der Waals surface area contributed by atoms with Gasteiger partial charge in [-0.25, -0.2) is 9.78 Å². The maximum atomic E-state index is 12.6. The fraction of sp³-hybridized carbons (Fsp3) is 0.300. The molecule has 0 saturated carbocycles. The molecule has 8 nitrogen and oxygen atoms in total. The van der Waals surface area contributed by atoms with Crippen LogP contribution in [0.3, 0.4) is 0 Å². The van der Waals surface area contributed by atoms with Crippen molar-refractivity contribution in [3.05, 3.63) is 59.8 Å². The normalized spacial score (nSPS) is 10.7. The summed E-state index contributed by atoms with van der Waals surface area (Å²) in [5, 5.41) is 6.82. The second-order valence-electron chi connectivity index (χ2n) is 6.28. The smallest absolute Gasteiger partial charge is 0.342 e. The second kappa shape index (κ2) is 8.51. The maximum absolute atomic E-state index is 12.6. The first kappa shape index (κ1) is 19.3. The van der Waals surface area contributed by atoms with Crippen molar-refractivity contribution in [3.8, 4) is 11.3 Å². The zero-order valence-electron chi connectivity index (χ0n) is 16.2. The molecule has 3 rings (SSSR count). The summed E-state index contributed by atoms with van der Waals surface area (Å²) in [6.45, 7) is 2.33. The lowest BCUT2D eigenvalue weighted by atomic mass is 10.2. The number of carbonyl (C=O) groups is 2. The molecule has 0 spiro atoms. The number of imidazole rings is 1. The first-order valence-electron chi connectivity index (χ1n) is 9.06. The van der Waals surface area contributed by atoms with E-state index in [4.69, 9.17) is 4.74 Å². The predicted octanol–water partition coefficient (Wildman–Crippen LogP) is 1.97. The molecule has 0 radical (unpaired) electrons. The number of benzene rings is 1. The zero-order valence-corrected chi connectivity index (χ0v) is 16.2. The van der Waals surface area contributed by atoms with E-state index in [1.807, 2.05) is 48.1 Å². The first-order chi connectivity index (χ1) is 13.5. The van der Waals surface area contributed by atoms with Crippen LogP contribution in [0.25, 0.3) is 11.3 Å². The van der Waals surface area contributed by atoms with Gasteiger partial charge in [0.15, 0.2) is 0 Å². The van der Waals surface area contributed by atoms with Crippen molar-refractivity contribution in [3.63, 3.8) is 0 Å². The Morgan fingerprint density at radius 1 is 1.18 bits per heavy atom. The third-order valence-corrected chi connectivity index (χ3v) is 4.33. The highest BCUT2D eigenvalue weighted by Gasteiger charge is 2.22. The fourth-order valence-electron chi connectivity index (χ4n) is 2.92. The molecule has 0 fully saturated rings. The van der Waals surface area contributed by atoms with Crippen molar-refractivity contribution in [1.29, 1.82) is 0 Å². The molecular formula is C20H23N5O3. The number of carbonyl (C=O) groups excluding carboxylic acids is 2. The highest BCUT2D eigenvalue weighted by molar-refractivity contribution is 6.04. The quantitative estimate of drug-likeness (QED) is 0.632. The number of rotatable bonds is 7. The molecule has 146 valence electrons. The molecule has 0 bridgehead atoms. The number of nitrogens with one attached hydrogen (secondary N) is 1. The molecule has 0 saturated heterocycles. The van der Waals surface area contributed by atoms with Gasteiger partial charge in [-0.2, -0.15) is 5.10 Å². The minimum absolute atomic E-state index is 0.158. The van der Waals surface area contributed by atoms with E-state index < -0.39 is 5.97 Å². The number of nitrogens with zero attached hydrogens (tertiary/aromatic N) is 4. The minimum Gasteiger partial charge on any atom is -0.462 e. The Hall–Kier alpha value is -3.42. The molecule has 2 heterocycles. The Balaban J connectivity index is 1.65. The number of aromatic nitrogens is 4. The molecule has 0 unspecified atom stereocenters. The SMILES string of the molecule is CCOC(=O)c1cnn(C)c1C(=O)NCCc1nc(-c2ccccc2)cn1C. The lowest BCUT2D eigenvalue weighted by Crippen LogP contribution is -2.29. The van der Waals surface area contributed by atoms with Gasteiger partial charge in [-0.1, -0.05) is 30.3 Å². The topological polar surface area (TPSA) is 91.0 Å². The molecule has 0 aliphatic rings. The summed E-state index contributed by atoms with van der Waals surface area (Å²) in [6.07, 6.45) is 3.87. The standard InChI is InChI=1S/C20H23N5O3/c1-4-28-20(27)15-12-22-25(3)18(15)19(26)21-11-10-17-23-16(13-24(17)2)14-8-6-5-7-9-14/h5-9,12-13H,4,10-11H2,1-3H3,(H,21,26). The number of hydrogen-bond acceptors (Lipinski definition) is 5. The van der Waals surface area contributed by atoms with Gasteiger partial charge in [-0.05, 0) is 6.92 Å². The van der Waals surface area contributed by atoms with Crippen LogP contribution in [-0.2, 0) is 25.3 Å². The van der Waals surface area contributed by atoms with Crippen LogP contribution < -0.4 is 5.32 Å². The van der Waals surface area contributed by atoms with E-state index in [-0.39, 0.29) is 23.8 Å². The van der Waals surface area contributed by atoms with Gasteiger partial charge >= 0.3 is 5.97 Å². The van der Waals surface area contributed by atoms with Gasteiger partial charge in [0, 0.05) is 38.8 Å². The number of hydrogen-bond donors (Lipinski definition) is 1. The van der Waals surface area contributed by atoms with Crippen LogP contribution in [0.1, 0.15) is 33.6 Å². The molecule has 0 atom stereocenters. The van der Waals surface area contributed by atoms with E-state index in [0.717, 1.165) is 17.1 Å². The van der Waals surface area contributed by atoms with E-state index in [2.05, 4.69) is 15.4 Å². The van der Waals surface area contributed by atoms with Crippen molar-refractivity contribution in [2.24, 2.45) is 14.1 Å². The van der Waals surface area contributed by atoms with E-state index in [1.54, 1.807) is 14.0 Å². The summed E-state index contributed by atoms with van der Waals surface area (Å²) in [5.74, 6) is -0.0762. The van der Waals surface area contributed by atoms with Crippen LogP contribution >= 0.6 is 0 Å². The molecule has 2 aromatic heterocycles. The van der Waals surface area contributed by atoms with Gasteiger partial charge in [0.25, 0.3) is 5.91 Å². The molecule has 8 heteroatoms. The Labute approximate surface area is 163 Å². The van der Waals surface area contributed by atoms with Gasteiger partial charge in [-0.3, -0.25) is 9.48 Å². The van der Waals surface area contributed by atoms with Crippen molar-refractivity contribution < 1.29 is 14.3 Å². The first-order valence-corrected chi connectivity index (χ1v) is 9.06. The number of amides is 1. The highest BCUT2D eigenvalue weighted by Crippen LogP contribution is 2.17. The van der Waals surface area contributed by atoms with E-state index >= 15 is 0 Å². The second-order valence-corrected chi connectivity index (χ2v) is 6.28. The van der Waals surface area contributed by atoms with Gasteiger partial charge in [0.05, 0.1) is 18.5 Å². The molecule has 0 aliphatic carbocycles. The zero-order chi connectivity index (χ0) is 20.1. The number of esters is 1. The monoisotopic (exact) mass is 381 g/mol. The average molecular weight is 381 g/mol. The predicted molar refractivity (Wildman–Crippen MR) is 104 cm³/mol. The van der Waals surface area contributed by atoms with Crippen LogP contribution in [0.2, 0.25) is 0 Å². The largest absolute Gasteiger partial charge is 0.462 e. The van der Waals surface area contributed by atoms with Crippen molar-refractivity contribution >= 4 is 11.9 Å². The molecule has 1 amide bonds. The van der Waals surface area contributed by atoms with E-state index in [0.29, 0.717) is 13.0 Å². The number of aryl methyl sites for hydroxylation is 2. The molecule has 1 N–H and O–H groups in total. The summed E-state index contributed by atoms with van der Waals surface area (Å²) in [5.41, 5.74) is 2.27. The van der Waals surface area contributed by atoms with Gasteiger partial charge in [0.1, 0.15) is 17.1 Å². The highest BCUT2D eigenvalue weighted by atomic mass is 16.5. The van der Waals surface area contributed by atoms with Gasteiger partial charge in [0.2, 0.25) is 0 Å². The minimum atomic E-state index is -0.558. The number of ether oxygens (including phenoxy) is 1. The molecule has 0 aliphatic heterocycles. The maximum Gasteiger partial charge on any atom is 0.342 e. The Kier molecular flexibility index (Phi) is 5.88. The summed E-state index contributed by atoms with van der Waals surface area (Å²) in [4.78, 5) is 29.2. The Bertz CT molecular complexity index is 975. The Morgan fingerprint density at radius 3 is 2.64 bits per heavy atom. The van der Waals surface area contributed by atoms with E-state index in [9.17, 15) is 9.59 Å². The molecule has 1 aromatic carbocycles. The fourth-order valence-corrected chi connectivity index (χ4v) is 2.92. The summed E-state index contributed by atoms with van der Waals surface area (Å²) in [7, 11) is 3.54. The van der Waals surface area contributed by atoms with Crippen molar-refractivity contribution in [2.45, 2.75) is 13.3 Å². The lowest BCUT2D eigenvalue weighted by Gasteiger charge is -2.08. The average Bonchev–Trinajstić information content (AvgIpc) is 3.25. The van der Waals surface area contributed by atoms with E-state index in [1.165, 1.54) is 10.9 Å². The van der Waals surface area contributed by atoms with Crippen LogP contribution in [-0.4, -0.2) is 44.4 Å². The van der Waals surface area contributed by atoms with Crippen LogP contribution in [0.4, 0.5) is 0 Å². The van der Waals surface area contributed by atoms with Crippen molar-refractivity contribution in [1.82, 2.24) is 24.6 Å². The third-order valence-electron chi connectivity index (χ3n) is 4.33. The van der Waals surface area contributed by atoms with Crippen LogP contribution in [0.15, 0.2) is 42.7 Å². The van der Waals surface area contributed by atoms with Gasteiger partial charge < -0.3 is 14.6 Å². The lowest BCUT2D eigenvalue weighted by molar-refractivity contribution is 0.0522. The molecular weight excluding hydrogens is 358 g/mol. The molecule has 3 aromatic rings. The van der Waals surface area contributed by atoms with Gasteiger partial charge in [-0.15, -0.1) is 0 Å².